The number of hydrogen-bond donors (Lipinski definition) is 1. The van der Waals surface area contributed by atoms with Crippen molar-refractivity contribution in [3.8, 4) is 0 Å². The zero-order valence-electron chi connectivity index (χ0n) is 11.4. The van der Waals surface area contributed by atoms with Crippen molar-refractivity contribution in [1.82, 2.24) is 9.97 Å². The minimum absolute atomic E-state index is 0.182. The fraction of sp³-hybridized carbons (Fsp3) is 0.714. The van der Waals surface area contributed by atoms with Crippen molar-refractivity contribution in [2.75, 3.05) is 18.1 Å². The zero-order chi connectivity index (χ0) is 13.0. The number of rotatable bonds is 5. The lowest BCUT2D eigenvalue weighted by atomic mass is 10.2. The molecule has 1 N–H and O–H groups in total. The van der Waals surface area contributed by atoms with E-state index in [1.54, 1.807) is 0 Å². The van der Waals surface area contributed by atoms with Crippen LogP contribution in [-0.4, -0.2) is 34.3 Å². The molecule has 4 nitrogen and oxygen atoms in total. The largest absolute Gasteiger partial charge is 0.395 e. The number of anilines is 1. The van der Waals surface area contributed by atoms with Gasteiger partial charge in [-0.1, -0.05) is 19.8 Å². The van der Waals surface area contributed by atoms with Crippen LogP contribution in [0.25, 0.3) is 0 Å². The number of aromatic nitrogens is 2. The minimum Gasteiger partial charge on any atom is -0.395 e. The first-order valence-electron chi connectivity index (χ1n) is 6.96. The van der Waals surface area contributed by atoms with Crippen LogP contribution in [0, 0.1) is 6.92 Å². The normalized spacial score (nSPS) is 16.2. The van der Waals surface area contributed by atoms with Crippen LogP contribution in [0.1, 0.15) is 44.1 Å². The average molecular weight is 249 g/mol. The van der Waals surface area contributed by atoms with Crippen LogP contribution < -0.4 is 4.90 Å². The highest BCUT2D eigenvalue weighted by molar-refractivity contribution is 5.41. The molecule has 0 radical (unpaired) electrons. The third-order valence-corrected chi connectivity index (χ3v) is 3.64. The maximum atomic E-state index is 9.27. The highest BCUT2D eigenvalue weighted by Gasteiger charge is 2.23. The van der Waals surface area contributed by atoms with Gasteiger partial charge in [-0.15, -0.1) is 0 Å². The summed E-state index contributed by atoms with van der Waals surface area (Å²) in [6, 6.07) is 2.61. The van der Waals surface area contributed by atoms with E-state index in [-0.39, 0.29) is 6.61 Å². The summed E-state index contributed by atoms with van der Waals surface area (Å²) in [5, 5.41) is 9.27. The summed E-state index contributed by atoms with van der Waals surface area (Å²) in [5.41, 5.74) is 1.08. The van der Waals surface area contributed by atoms with E-state index in [1.807, 2.05) is 6.92 Å². The lowest BCUT2D eigenvalue weighted by molar-refractivity contribution is 0.296. The Morgan fingerprint density at radius 2 is 2.06 bits per heavy atom. The van der Waals surface area contributed by atoms with Crippen LogP contribution in [0.2, 0.25) is 0 Å². The second kappa shape index (κ2) is 6.14. The van der Waals surface area contributed by atoms with E-state index in [9.17, 15) is 5.11 Å². The van der Waals surface area contributed by atoms with Gasteiger partial charge in [0.1, 0.15) is 11.6 Å². The highest BCUT2D eigenvalue weighted by Crippen LogP contribution is 2.27. The third-order valence-electron chi connectivity index (χ3n) is 3.64. The van der Waals surface area contributed by atoms with Crippen molar-refractivity contribution in [2.45, 2.75) is 52.0 Å². The van der Waals surface area contributed by atoms with E-state index >= 15 is 0 Å². The van der Waals surface area contributed by atoms with Crippen molar-refractivity contribution in [3.05, 3.63) is 17.6 Å². The fourth-order valence-corrected chi connectivity index (χ4v) is 2.75. The first-order valence-corrected chi connectivity index (χ1v) is 6.96. The number of hydrogen-bond acceptors (Lipinski definition) is 4. The van der Waals surface area contributed by atoms with Gasteiger partial charge < -0.3 is 10.0 Å². The van der Waals surface area contributed by atoms with Gasteiger partial charge in [-0.05, 0) is 26.2 Å². The molecule has 1 saturated carbocycles. The van der Waals surface area contributed by atoms with Crippen LogP contribution in [0.4, 0.5) is 5.82 Å². The van der Waals surface area contributed by atoms with E-state index in [2.05, 4.69) is 27.9 Å². The van der Waals surface area contributed by atoms with Gasteiger partial charge in [-0.2, -0.15) is 0 Å². The van der Waals surface area contributed by atoms with Crippen LogP contribution in [0.5, 0.6) is 0 Å². The molecule has 2 rings (SSSR count). The van der Waals surface area contributed by atoms with Gasteiger partial charge in [0.2, 0.25) is 0 Å². The van der Waals surface area contributed by atoms with Crippen molar-refractivity contribution >= 4 is 5.82 Å². The molecule has 1 aromatic heterocycles. The van der Waals surface area contributed by atoms with E-state index in [0.717, 1.165) is 23.8 Å². The van der Waals surface area contributed by atoms with Gasteiger partial charge in [-0.25, -0.2) is 9.97 Å². The Labute approximate surface area is 109 Å². The smallest absolute Gasteiger partial charge is 0.132 e. The number of aryl methyl sites for hydroxylation is 2. The van der Waals surface area contributed by atoms with Crippen molar-refractivity contribution < 1.29 is 5.11 Å². The van der Waals surface area contributed by atoms with E-state index in [1.165, 1.54) is 25.7 Å². The molecule has 0 amide bonds. The topological polar surface area (TPSA) is 49.2 Å². The molecule has 0 spiro atoms. The number of aliphatic hydroxyl groups excluding tert-OH is 1. The molecule has 0 aliphatic heterocycles. The highest BCUT2D eigenvalue weighted by atomic mass is 16.3. The molecular weight excluding hydrogens is 226 g/mol. The molecule has 1 heterocycles. The summed E-state index contributed by atoms with van der Waals surface area (Å²) in [4.78, 5) is 11.2. The van der Waals surface area contributed by atoms with Gasteiger partial charge in [0.15, 0.2) is 0 Å². The zero-order valence-corrected chi connectivity index (χ0v) is 11.4. The molecule has 1 aliphatic rings. The molecular formula is C14H23N3O. The quantitative estimate of drug-likeness (QED) is 0.868. The average Bonchev–Trinajstić information content (AvgIpc) is 2.88. The van der Waals surface area contributed by atoms with Gasteiger partial charge in [0.05, 0.1) is 6.61 Å². The Morgan fingerprint density at radius 1 is 1.33 bits per heavy atom. The Bertz CT molecular complexity index is 389. The molecule has 4 heteroatoms. The first kappa shape index (κ1) is 13.3. The Balaban J connectivity index is 2.25. The maximum Gasteiger partial charge on any atom is 0.132 e. The predicted octanol–water partition coefficient (Wildman–Crippen LogP) is 2.09. The molecule has 1 aliphatic carbocycles. The van der Waals surface area contributed by atoms with E-state index in [4.69, 9.17) is 0 Å². The van der Waals surface area contributed by atoms with Crippen molar-refractivity contribution in [2.24, 2.45) is 0 Å². The monoisotopic (exact) mass is 249 g/mol. The van der Waals surface area contributed by atoms with E-state index in [0.29, 0.717) is 12.6 Å². The van der Waals surface area contributed by atoms with E-state index < -0.39 is 0 Å². The second-order valence-corrected chi connectivity index (χ2v) is 4.97. The molecule has 0 atom stereocenters. The van der Waals surface area contributed by atoms with Gasteiger partial charge >= 0.3 is 0 Å². The van der Waals surface area contributed by atoms with Crippen LogP contribution in [-0.2, 0) is 6.42 Å². The summed E-state index contributed by atoms with van der Waals surface area (Å²) >= 11 is 0. The number of nitrogens with zero attached hydrogens (tertiary/aromatic N) is 3. The molecule has 0 saturated heterocycles. The lowest BCUT2D eigenvalue weighted by Gasteiger charge is -2.29. The summed E-state index contributed by atoms with van der Waals surface area (Å²) in [6.07, 6.45) is 5.93. The summed E-state index contributed by atoms with van der Waals surface area (Å²) in [6.45, 7) is 4.90. The van der Waals surface area contributed by atoms with Gasteiger partial charge in [-0.3, -0.25) is 0 Å². The van der Waals surface area contributed by atoms with Crippen LogP contribution in [0.15, 0.2) is 6.07 Å². The summed E-state index contributed by atoms with van der Waals surface area (Å²) in [7, 11) is 0. The minimum atomic E-state index is 0.182. The van der Waals surface area contributed by atoms with Gasteiger partial charge in [0.25, 0.3) is 0 Å². The van der Waals surface area contributed by atoms with Crippen molar-refractivity contribution in [3.63, 3.8) is 0 Å². The summed E-state index contributed by atoms with van der Waals surface area (Å²) < 4.78 is 0. The fourth-order valence-electron chi connectivity index (χ4n) is 2.75. The molecule has 0 aromatic carbocycles. The maximum absolute atomic E-state index is 9.27. The second-order valence-electron chi connectivity index (χ2n) is 4.97. The Hall–Kier alpha value is -1.16. The summed E-state index contributed by atoms with van der Waals surface area (Å²) in [5.74, 6) is 1.81. The molecule has 1 aromatic rings. The molecule has 18 heavy (non-hydrogen) atoms. The molecule has 100 valence electrons. The van der Waals surface area contributed by atoms with Crippen LogP contribution >= 0.6 is 0 Å². The third kappa shape index (κ3) is 2.99. The predicted molar refractivity (Wildman–Crippen MR) is 72.8 cm³/mol. The molecule has 1 fully saturated rings. The first-order chi connectivity index (χ1) is 8.74. The standard InChI is InChI=1S/C14H23N3O/c1-3-12-10-14(16-11(2)15-12)17(8-9-18)13-6-4-5-7-13/h10,13,18H,3-9H2,1-2H3. The molecule has 0 bridgehead atoms. The molecule has 0 unspecified atom stereocenters. The van der Waals surface area contributed by atoms with Crippen molar-refractivity contribution in [1.29, 1.82) is 0 Å². The number of aliphatic hydroxyl groups is 1. The Morgan fingerprint density at radius 3 is 2.67 bits per heavy atom. The Kier molecular flexibility index (Phi) is 4.53. The van der Waals surface area contributed by atoms with Gasteiger partial charge in [0, 0.05) is 24.3 Å². The van der Waals surface area contributed by atoms with Crippen LogP contribution in [0.3, 0.4) is 0 Å². The lowest BCUT2D eigenvalue weighted by Crippen LogP contribution is -2.36. The SMILES string of the molecule is CCc1cc(N(CCO)C2CCCC2)nc(C)n1.